The van der Waals surface area contributed by atoms with Gasteiger partial charge in [-0.1, -0.05) is 26.7 Å². The normalized spacial score (nSPS) is 17.7. The van der Waals surface area contributed by atoms with Crippen LogP contribution in [0.5, 0.6) is 0 Å². The molecule has 2 N–H and O–H groups in total. The zero-order valence-corrected chi connectivity index (χ0v) is 15.1. The summed E-state index contributed by atoms with van der Waals surface area (Å²) < 4.78 is 0. The van der Waals surface area contributed by atoms with Crippen LogP contribution in [0, 0.1) is 5.41 Å². The summed E-state index contributed by atoms with van der Waals surface area (Å²) in [7, 11) is 1.85. The van der Waals surface area contributed by atoms with Gasteiger partial charge in [0.25, 0.3) is 0 Å². The number of hydrogen-bond donors (Lipinski definition) is 2. The lowest BCUT2D eigenvalue weighted by atomic mass is 9.83. The molecule has 0 aliphatic heterocycles. The predicted octanol–water partition coefficient (Wildman–Crippen LogP) is 3.38. The van der Waals surface area contributed by atoms with E-state index in [4.69, 9.17) is 0 Å². The zero-order valence-electron chi connectivity index (χ0n) is 14.2. The summed E-state index contributed by atoms with van der Waals surface area (Å²) >= 11 is 1.82. The first-order valence-corrected chi connectivity index (χ1v) is 9.41. The van der Waals surface area contributed by atoms with Gasteiger partial charge in [-0.2, -0.15) is 0 Å². The SMILES string of the molecule is CCc1cnc(CCNC(=NC)NCC2(CC)CCCC2)s1. The number of aliphatic imine (C=N–C) groups is 1. The Labute approximate surface area is 138 Å². The summed E-state index contributed by atoms with van der Waals surface area (Å²) in [5.74, 6) is 0.923. The van der Waals surface area contributed by atoms with Crippen LogP contribution in [-0.2, 0) is 12.8 Å². The number of aromatic nitrogens is 1. The minimum atomic E-state index is 0.489. The average molecular weight is 323 g/mol. The molecule has 1 saturated carbocycles. The third kappa shape index (κ3) is 4.70. The highest BCUT2D eigenvalue weighted by molar-refractivity contribution is 7.11. The topological polar surface area (TPSA) is 49.3 Å². The number of rotatable bonds is 7. The van der Waals surface area contributed by atoms with E-state index in [1.54, 1.807) is 0 Å². The molecule has 0 aromatic carbocycles. The van der Waals surface area contributed by atoms with Gasteiger partial charge in [-0.05, 0) is 31.1 Å². The van der Waals surface area contributed by atoms with Crippen molar-refractivity contribution in [1.29, 1.82) is 0 Å². The second-order valence-corrected chi connectivity index (χ2v) is 7.44. The predicted molar refractivity (Wildman–Crippen MR) is 95.8 cm³/mol. The molecule has 0 saturated heterocycles. The van der Waals surface area contributed by atoms with Crippen molar-refractivity contribution in [3.8, 4) is 0 Å². The Balaban J connectivity index is 1.73. The van der Waals surface area contributed by atoms with Crippen LogP contribution in [0.4, 0.5) is 0 Å². The van der Waals surface area contributed by atoms with Crippen LogP contribution in [0.2, 0.25) is 0 Å². The molecule has 0 unspecified atom stereocenters. The van der Waals surface area contributed by atoms with Gasteiger partial charge in [-0.15, -0.1) is 11.3 Å². The lowest BCUT2D eigenvalue weighted by Crippen LogP contribution is -2.43. The number of aryl methyl sites for hydroxylation is 1. The molecule has 0 atom stereocenters. The van der Waals surface area contributed by atoms with Crippen molar-refractivity contribution in [2.24, 2.45) is 10.4 Å². The van der Waals surface area contributed by atoms with Gasteiger partial charge in [0.05, 0.1) is 5.01 Å². The molecule has 0 spiro atoms. The maximum atomic E-state index is 4.46. The maximum Gasteiger partial charge on any atom is 0.191 e. The Bertz CT molecular complexity index is 475. The molecular formula is C17H30N4S. The van der Waals surface area contributed by atoms with E-state index in [-0.39, 0.29) is 0 Å². The molecule has 1 aromatic heterocycles. The van der Waals surface area contributed by atoms with Crippen LogP contribution in [0.1, 0.15) is 55.8 Å². The van der Waals surface area contributed by atoms with Crippen molar-refractivity contribution < 1.29 is 0 Å². The molecule has 1 aliphatic carbocycles. The summed E-state index contributed by atoms with van der Waals surface area (Å²) in [6, 6.07) is 0. The van der Waals surface area contributed by atoms with Gasteiger partial charge < -0.3 is 10.6 Å². The molecular weight excluding hydrogens is 292 g/mol. The third-order valence-corrected chi connectivity index (χ3v) is 6.05. The van der Waals surface area contributed by atoms with Gasteiger partial charge in [0, 0.05) is 37.6 Å². The highest BCUT2D eigenvalue weighted by atomic mass is 32.1. The Morgan fingerprint density at radius 2 is 2.09 bits per heavy atom. The summed E-state index contributed by atoms with van der Waals surface area (Å²) in [4.78, 5) is 10.2. The van der Waals surface area contributed by atoms with Gasteiger partial charge >= 0.3 is 0 Å². The summed E-state index contributed by atoms with van der Waals surface area (Å²) in [5.41, 5.74) is 0.489. The largest absolute Gasteiger partial charge is 0.356 e. The fourth-order valence-corrected chi connectivity index (χ4v) is 4.05. The van der Waals surface area contributed by atoms with Crippen molar-refractivity contribution in [3.05, 3.63) is 16.1 Å². The molecule has 22 heavy (non-hydrogen) atoms. The molecule has 5 heteroatoms. The fraction of sp³-hybridized carbons (Fsp3) is 0.765. The van der Waals surface area contributed by atoms with Gasteiger partial charge in [0.1, 0.15) is 0 Å². The molecule has 124 valence electrons. The number of hydrogen-bond acceptors (Lipinski definition) is 3. The smallest absolute Gasteiger partial charge is 0.191 e. The number of nitrogens with zero attached hydrogens (tertiary/aromatic N) is 2. The third-order valence-electron chi connectivity index (χ3n) is 4.85. The molecule has 4 nitrogen and oxygen atoms in total. The molecule has 2 rings (SSSR count). The Morgan fingerprint density at radius 3 is 2.68 bits per heavy atom. The highest BCUT2D eigenvalue weighted by Crippen LogP contribution is 2.40. The first-order chi connectivity index (χ1) is 10.7. The average Bonchev–Trinajstić information content (AvgIpc) is 3.20. The molecule has 1 fully saturated rings. The Morgan fingerprint density at radius 1 is 1.32 bits per heavy atom. The van der Waals surface area contributed by atoms with E-state index < -0.39 is 0 Å². The molecule has 0 bridgehead atoms. The van der Waals surface area contributed by atoms with Crippen LogP contribution in [0.3, 0.4) is 0 Å². The van der Waals surface area contributed by atoms with E-state index in [9.17, 15) is 0 Å². The number of nitrogens with one attached hydrogen (secondary N) is 2. The summed E-state index contributed by atoms with van der Waals surface area (Å²) in [5, 5.41) is 8.15. The van der Waals surface area contributed by atoms with E-state index in [0.717, 1.165) is 31.9 Å². The van der Waals surface area contributed by atoms with E-state index in [1.807, 2.05) is 24.6 Å². The first-order valence-electron chi connectivity index (χ1n) is 8.59. The van der Waals surface area contributed by atoms with E-state index in [0.29, 0.717) is 5.41 Å². The Kier molecular flexibility index (Phi) is 6.68. The second kappa shape index (κ2) is 8.51. The Hall–Kier alpha value is -1.10. The first kappa shape index (κ1) is 17.3. The van der Waals surface area contributed by atoms with Crippen molar-refractivity contribution in [2.45, 2.75) is 58.8 Å². The van der Waals surface area contributed by atoms with Crippen molar-refractivity contribution in [1.82, 2.24) is 15.6 Å². The molecule has 0 radical (unpaired) electrons. The molecule has 1 heterocycles. The molecule has 0 amide bonds. The lowest BCUT2D eigenvalue weighted by Gasteiger charge is -2.28. The van der Waals surface area contributed by atoms with Crippen molar-refractivity contribution >= 4 is 17.3 Å². The second-order valence-electron chi connectivity index (χ2n) is 6.24. The zero-order chi connectivity index (χ0) is 15.8. The summed E-state index contributed by atoms with van der Waals surface area (Å²) in [6.45, 7) is 6.42. The van der Waals surface area contributed by atoms with Gasteiger partial charge in [-0.3, -0.25) is 4.99 Å². The minimum Gasteiger partial charge on any atom is -0.356 e. The number of thiazole rings is 1. The minimum absolute atomic E-state index is 0.489. The quantitative estimate of drug-likeness (QED) is 0.597. The van der Waals surface area contributed by atoms with Gasteiger partial charge in [-0.25, -0.2) is 4.98 Å². The van der Waals surface area contributed by atoms with E-state index in [2.05, 4.69) is 34.5 Å². The highest BCUT2D eigenvalue weighted by Gasteiger charge is 2.31. The molecule has 1 aliphatic rings. The van der Waals surface area contributed by atoms with Gasteiger partial charge in [0.15, 0.2) is 5.96 Å². The van der Waals surface area contributed by atoms with Crippen LogP contribution >= 0.6 is 11.3 Å². The van der Waals surface area contributed by atoms with Crippen LogP contribution in [0.15, 0.2) is 11.2 Å². The van der Waals surface area contributed by atoms with Gasteiger partial charge in [0.2, 0.25) is 0 Å². The van der Waals surface area contributed by atoms with E-state index >= 15 is 0 Å². The molecule has 1 aromatic rings. The lowest BCUT2D eigenvalue weighted by molar-refractivity contribution is 0.283. The van der Waals surface area contributed by atoms with E-state index in [1.165, 1.54) is 42.0 Å². The van der Waals surface area contributed by atoms with Crippen LogP contribution in [-0.4, -0.2) is 31.1 Å². The van der Waals surface area contributed by atoms with Crippen LogP contribution in [0.25, 0.3) is 0 Å². The van der Waals surface area contributed by atoms with Crippen LogP contribution < -0.4 is 10.6 Å². The summed E-state index contributed by atoms with van der Waals surface area (Å²) in [6.07, 6.45) is 10.8. The van der Waals surface area contributed by atoms with Crippen molar-refractivity contribution in [2.75, 3.05) is 20.1 Å². The standard InChI is InChI=1S/C17H30N4S/c1-4-14-12-20-15(22-14)8-11-19-16(18-3)21-13-17(5-2)9-6-7-10-17/h12H,4-11,13H2,1-3H3,(H2,18,19,21). The maximum absolute atomic E-state index is 4.46. The van der Waals surface area contributed by atoms with Crippen molar-refractivity contribution in [3.63, 3.8) is 0 Å². The monoisotopic (exact) mass is 322 g/mol. The fourth-order valence-electron chi connectivity index (χ4n) is 3.19. The number of guanidine groups is 1.